The summed E-state index contributed by atoms with van der Waals surface area (Å²) in [4.78, 5) is 0.152. The van der Waals surface area contributed by atoms with Gasteiger partial charge in [-0.3, -0.25) is 0 Å². The van der Waals surface area contributed by atoms with Gasteiger partial charge in [0.2, 0.25) is 10.0 Å². The summed E-state index contributed by atoms with van der Waals surface area (Å²) in [6.07, 6.45) is 2.49. The van der Waals surface area contributed by atoms with Crippen LogP contribution in [0.1, 0.15) is 18.4 Å². The maximum Gasteiger partial charge on any atom is 0.238 e. The smallest absolute Gasteiger partial charge is 0.238 e. The van der Waals surface area contributed by atoms with Gasteiger partial charge >= 0.3 is 0 Å². The third-order valence-corrected chi connectivity index (χ3v) is 3.86. The first kappa shape index (κ1) is 13.5. The van der Waals surface area contributed by atoms with Crippen LogP contribution in [0.5, 0.6) is 0 Å². The van der Waals surface area contributed by atoms with Gasteiger partial charge in [0.05, 0.1) is 11.0 Å². The molecule has 1 fully saturated rings. The molecule has 0 spiro atoms. The van der Waals surface area contributed by atoms with Crippen LogP contribution in [0.2, 0.25) is 0 Å². The van der Waals surface area contributed by atoms with Gasteiger partial charge in [0.15, 0.2) is 0 Å². The second-order valence-corrected chi connectivity index (χ2v) is 6.02. The zero-order valence-electron chi connectivity index (χ0n) is 10.1. The van der Waals surface area contributed by atoms with Crippen LogP contribution >= 0.6 is 0 Å². The topological polar surface area (TPSA) is 81.4 Å². The lowest BCUT2D eigenvalue weighted by molar-refractivity contribution is 0.110. The van der Waals surface area contributed by atoms with Crippen LogP contribution in [0.3, 0.4) is 0 Å². The van der Waals surface area contributed by atoms with E-state index < -0.39 is 10.0 Å². The highest BCUT2D eigenvalue weighted by Gasteiger charge is 2.14. The van der Waals surface area contributed by atoms with Gasteiger partial charge in [-0.05, 0) is 30.5 Å². The monoisotopic (exact) mass is 270 g/mol. The summed E-state index contributed by atoms with van der Waals surface area (Å²) in [5.74, 6) is 0. The van der Waals surface area contributed by atoms with Crippen LogP contribution in [-0.4, -0.2) is 27.7 Å². The van der Waals surface area contributed by atoms with Crippen LogP contribution in [0.25, 0.3) is 0 Å². The van der Waals surface area contributed by atoms with Gasteiger partial charge in [0.25, 0.3) is 0 Å². The number of rotatable bonds is 5. The fraction of sp³-hybridized carbons (Fsp3) is 0.500. The zero-order chi connectivity index (χ0) is 13.0. The zero-order valence-corrected chi connectivity index (χ0v) is 10.9. The van der Waals surface area contributed by atoms with E-state index in [2.05, 4.69) is 5.32 Å². The fourth-order valence-corrected chi connectivity index (χ4v) is 2.60. The van der Waals surface area contributed by atoms with Gasteiger partial charge in [0, 0.05) is 19.7 Å². The van der Waals surface area contributed by atoms with E-state index >= 15 is 0 Å². The van der Waals surface area contributed by atoms with Crippen LogP contribution in [0, 0.1) is 0 Å². The molecule has 1 aliphatic rings. The summed E-state index contributed by atoms with van der Waals surface area (Å²) >= 11 is 0. The Labute approximate surface area is 107 Å². The van der Waals surface area contributed by atoms with Gasteiger partial charge in [-0.1, -0.05) is 12.1 Å². The molecule has 0 aliphatic carbocycles. The Morgan fingerprint density at radius 2 is 2.28 bits per heavy atom. The average Bonchev–Trinajstić information content (AvgIpc) is 2.81. The number of sulfonamides is 1. The van der Waals surface area contributed by atoms with Crippen molar-refractivity contribution >= 4 is 10.0 Å². The Hall–Kier alpha value is -0.950. The third-order valence-electron chi connectivity index (χ3n) is 2.95. The van der Waals surface area contributed by atoms with Crippen LogP contribution < -0.4 is 10.5 Å². The molecular formula is C12H18N2O3S. The van der Waals surface area contributed by atoms with Gasteiger partial charge in [-0.15, -0.1) is 0 Å². The summed E-state index contributed by atoms with van der Waals surface area (Å²) in [6, 6.07) is 6.66. The van der Waals surface area contributed by atoms with Gasteiger partial charge in [-0.2, -0.15) is 0 Å². The van der Waals surface area contributed by atoms with Crippen molar-refractivity contribution in [2.45, 2.75) is 30.4 Å². The van der Waals surface area contributed by atoms with E-state index in [1.165, 1.54) is 6.07 Å². The largest absolute Gasteiger partial charge is 0.377 e. The molecule has 0 aromatic heterocycles. The average molecular weight is 270 g/mol. The molecule has 5 nitrogen and oxygen atoms in total. The first-order chi connectivity index (χ1) is 8.55. The van der Waals surface area contributed by atoms with E-state index in [-0.39, 0.29) is 11.0 Å². The number of nitrogens with one attached hydrogen (secondary N) is 1. The second-order valence-electron chi connectivity index (χ2n) is 4.46. The molecule has 1 unspecified atom stereocenters. The summed E-state index contributed by atoms with van der Waals surface area (Å²) in [6.45, 7) is 2.25. The molecule has 0 saturated carbocycles. The number of ether oxygens (including phenoxy) is 1. The highest BCUT2D eigenvalue weighted by Crippen LogP contribution is 2.12. The maximum atomic E-state index is 11.2. The van der Waals surface area contributed by atoms with Crippen molar-refractivity contribution in [3.05, 3.63) is 29.8 Å². The van der Waals surface area contributed by atoms with E-state index in [4.69, 9.17) is 9.88 Å². The summed E-state index contributed by atoms with van der Waals surface area (Å²) in [7, 11) is -3.62. The number of primary sulfonamides is 1. The first-order valence-corrected chi connectivity index (χ1v) is 7.54. The van der Waals surface area contributed by atoms with Crippen molar-refractivity contribution in [3.63, 3.8) is 0 Å². The Morgan fingerprint density at radius 3 is 2.94 bits per heavy atom. The Morgan fingerprint density at radius 1 is 1.44 bits per heavy atom. The standard InChI is InChI=1S/C12H18N2O3S/c13-18(15,16)12-5-1-3-10(7-12)8-14-9-11-4-2-6-17-11/h1,3,5,7,11,14H,2,4,6,8-9H2,(H2,13,15,16). The van der Waals surface area contributed by atoms with E-state index in [1.807, 2.05) is 6.07 Å². The lowest BCUT2D eigenvalue weighted by Gasteiger charge is -2.11. The number of nitrogens with two attached hydrogens (primary N) is 1. The number of hydrogen-bond acceptors (Lipinski definition) is 4. The molecule has 1 atom stereocenters. The lowest BCUT2D eigenvalue weighted by atomic mass is 10.2. The molecule has 2 rings (SSSR count). The molecule has 18 heavy (non-hydrogen) atoms. The normalized spacial score (nSPS) is 20.2. The highest BCUT2D eigenvalue weighted by atomic mass is 32.2. The van der Waals surface area contributed by atoms with Crippen molar-refractivity contribution in [2.24, 2.45) is 5.14 Å². The summed E-state index contributed by atoms with van der Waals surface area (Å²) < 4.78 is 27.9. The molecule has 0 bridgehead atoms. The summed E-state index contributed by atoms with van der Waals surface area (Å²) in [5.41, 5.74) is 0.902. The third kappa shape index (κ3) is 3.78. The minimum Gasteiger partial charge on any atom is -0.377 e. The molecule has 0 radical (unpaired) electrons. The van der Waals surface area contributed by atoms with Crippen molar-refractivity contribution in [1.29, 1.82) is 0 Å². The number of benzene rings is 1. The Balaban J connectivity index is 1.89. The van der Waals surface area contributed by atoms with Crippen molar-refractivity contribution in [2.75, 3.05) is 13.2 Å². The predicted molar refractivity (Wildman–Crippen MR) is 68.5 cm³/mol. The van der Waals surface area contributed by atoms with Crippen LogP contribution in [-0.2, 0) is 21.3 Å². The Kier molecular flexibility index (Phi) is 4.34. The minimum atomic E-state index is -3.62. The molecular weight excluding hydrogens is 252 g/mol. The predicted octanol–water partition coefficient (Wildman–Crippen LogP) is 0.603. The molecule has 3 N–H and O–H groups in total. The van der Waals surface area contributed by atoms with Crippen molar-refractivity contribution in [1.82, 2.24) is 5.32 Å². The molecule has 1 aliphatic heterocycles. The Bertz CT molecular complexity index is 496. The van der Waals surface area contributed by atoms with E-state index in [1.54, 1.807) is 12.1 Å². The first-order valence-electron chi connectivity index (χ1n) is 6.00. The molecule has 0 amide bonds. The molecule has 1 aromatic rings. The highest BCUT2D eigenvalue weighted by molar-refractivity contribution is 7.89. The quantitative estimate of drug-likeness (QED) is 0.821. The van der Waals surface area contributed by atoms with E-state index in [0.29, 0.717) is 6.54 Å². The number of hydrogen-bond donors (Lipinski definition) is 2. The van der Waals surface area contributed by atoms with E-state index in [9.17, 15) is 8.42 Å². The second kappa shape index (κ2) is 5.79. The van der Waals surface area contributed by atoms with Crippen molar-refractivity contribution < 1.29 is 13.2 Å². The SMILES string of the molecule is NS(=O)(=O)c1cccc(CNCC2CCCO2)c1. The van der Waals surface area contributed by atoms with Gasteiger partial charge in [0.1, 0.15) is 0 Å². The molecule has 1 saturated heterocycles. The maximum absolute atomic E-state index is 11.2. The van der Waals surface area contributed by atoms with Crippen LogP contribution in [0.15, 0.2) is 29.2 Å². The molecule has 100 valence electrons. The van der Waals surface area contributed by atoms with Gasteiger partial charge in [-0.25, -0.2) is 13.6 Å². The fourth-order valence-electron chi connectivity index (χ4n) is 2.02. The molecule has 1 heterocycles. The summed E-state index contributed by atoms with van der Waals surface area (Å²) in [5, 5.41) is 8.35. The molecule has 1 aromatic carbocycles. The van der Waals surface area contributed by atoms with E-state index in [0.717, 1.165) is 31.6 Å². The van der Waals surface area contributed by atoms with Crippen LogP contribution in [0.4, 0.5) is 0 Å². The van der Waals surface area contributed by atoms with Gasteiger partial charge < -0.3 is 10.1 Å². The van der Waals surface area contributed by atoms with Crippen molar-refractivity contribution in [3.8, 4) is 0 Å². The lowest BCUT2D eigenvalue weighted by Crippen LogP contribution is -2.25. The molecule has 6 heteroatoms. The minimum absolute atomic E-state index is 0.152.